The van der Waals surface area contributed by atoms with E-state index in [1.54, 1.807) is 0 Å². The molecule has 112 valence electrons. The van der Waals surface area contributed by atoms with Gasteiger partial charge in [0.05, 0.1) is 17.1 Å². The van der Waals surface area contributed by atoms with E-state index in [9.17, 15) is 0 Å². The zero-order valence-corrected chi connectivity index (χ0v) is 14.0. The maximum Gasteiger partial charge on any atom is 0.171 e. The largest absolute Gasteiger partial charge is 0.358 e. The van der Waals surface area contributed by atoms with Crippen molar-refractivity contribution in [3.8, 4) is 0 Å². The molecular formula is C15H19ClN4S. The molecule has 4 nitrogen and oxygen atoms in total. The molecule has 0 bridgehead atoms. The van der Waals surface area contributed by atoms with E-state index in [1.165, 1.54) is 0 Å². The molecule has 2 N–H and O–H groups in total. The van der Waals surface area contributed by atoms with E-state index in [2.05, 4.69) is 22.7 Å². The standard InChI is InChI=1S/C15H19ClN4S/c1-4-20-11(3)14(10(2)19-20)18-15(21)17-9-12-5-7-13(16)8-6-12/h5-8H,4,9H2,1-3H3,(H2,17,18,21). The number of anilines is 1. The van der Waals surface area contributed by atoms with Gasteiger partial charge in [-0.15, -0.1) is 0 Å². The van der Waals surface area contributed by atoms with Crippen LogP contribution >= 0.6 is 23.8 Å². The minimum Gasteiger partial charge on any atom is -0.358 e. The van der Waals surface area contributed by atoms with E-state index in [4.69, 9.17) is 23.8 Å². The van der Waals surface area contributed by atoms with Crippen molar-refractivity contribution < 1.29 is 0 Å². The smallest absolute Gasteiger partial charge is 0.171 e. The molecule has 0 aliphatic heterocycles. The number of aryl methyl sites for hydroxylation is 2. The summed E-state index contributed by atoms with van der Waals surface area (Å²) >= 11 is 11.2. The average molecular weight is 323 g/mol. The van der Waals surface area contributed by atoms with Crippen LogP contribution in [-0.2, 0) is 13.1 Å². The third kappa shape index (κ3) is 3.95. The molecule has 2 rings (SSSR count). The Kier molecular flexibility index (Phi) is 5.20. The quantitative estimate of drug-likeness (QED) is 0.843. The second kappa shape index (κ2) is 6.91. The van der Waals surface area contributed by atoms with E-state index in [1.807, 2.05) is 42.8 Å². The third-order valence-electron chi connectivity index (χ3n) is 3.29. The van der Waals surface area contributed by atoms with E-state index in [-0.39, 0.29) is 0 Å². The number of hydrogen-bond donors (Lipinski definition) is 2. The van der Waals surface area contributed by atoms with Gasteiger partial charge in [0.25, 0.3) is 0 Å². The van der Waals surface area contributed by atoms with E-state index in [0.29, 0.717) is 11.7 Å². The van der Waals surface area contributed by atoms with Crippen LogP contribution in [0.1, 0.15) is 23.9 Å². The Morgan fingerprint density at radius 2 is 1.95 bits per heavy atom. The fraction of sp³-hybridized carbons (Fsp3) is 0.333. The van der Waals surface area contributed by atoms with Crippen molar-refractivity contribution in [1.82, 2.24) is 15.1 Å². The van der Waals surface area contributed by atoms with Crippen molar-refractivity contribution in [2.75, 3.05) is 5.32 Å². The number of aromatic nitrogens is 2. The van der Waals surface area contributed by atoms with Gasteiger partial charge in [-0.3, -0.25) is 4.68 Å². The predicted octanol–water partition coefficient (Wildman–Crippen LogP) is 3.66. The lowest BCUT2D eigenvalue weighted by atomic mass is 10.2. The Balaban J connectivity index is 1.96. The molecule has 0 aliphatic carbocycles. The van der Waals surface area contributed by atoms with E-state index < -0.39 is 0 Å². The van der Waals surface area contributed by atoms with Crippen molar-refractivity contribution in [3.63, 3.8) is 0 Å². The van der Waals surface area contributed by atoms with Crippen LogP contribution in [0.25, 0.3) is 0 Å². The lowest BCUT2D eigenvalue weighted by Gasteiger charge is -2.11. The topological polar surface area (TPSA) is 41.9 Å². The van der Waals surface area contributed by atoms with Crippen LogP contribution in [0, 0.1) is 13.8 Å². The van der Waals surface area contributed by atoms with Gasteiger partial charge in [0, 0.05) is 18.1 Å². The Morgan fingerprint density at radius 1 is 1.29 bits per heavy atom. The molecule has 0 radical (unpaired) electrons. The highest BCUT2D eigenvalue weighted by atomic mass is 35.5. The number of thiocarbonyl (C=S) groups is 1. The summed E-state index contributed by atoms with van der Waals surface area (Å²) in [5.74, 6) is 0. The monoisotopic (exact) mass is 322 g/mol. The van der Waals surface area contributed by atoms with Crippen molar-refractivity contribution in [2.45, 2.75) is 33.9 Å². The highest BCUT2D eigenvalue weighted by Gasteiger charge is 2.11. The minimum absolute atomic E-state index is 0.590. The highest BCUT2D eigenvalue weighted by Crippen LogP contribution is 2.19. The molecule has 0 unspecified atom stereocenters. The van der Waals surface area contributed by atoms with Crippen LogP contribution in [0.15, 0.2) is 24.3 Å². The SMILES string of the molecule is CCn1nc(C)c(NC(=S)NCc2ccc(Cl)cc2)c1C. The van der Waals surface area contributed by atoms with Crippen molar-refractivity contribution in [3.05, 3.63) is 46.2 Å². The van der Waals surface area contributed by atoms with E-state index >= 15 is 0 Å². The summed E-state index contributed by atoms with van der Waals surface area (Å²) in [5.41, 5.74) is 4.14. The fourth-order valence-corrected chi connectivity index (χ4v) is 2.43. The second-order valence-electron chi connectivity index (χ2n) is 4.80. The number of nitrogens with zero attached hydrogens (tertiary/aromatic N) is 2. The summed E-state index contributed by atoms with van der Waals surface area (Å²) in [4.78, 5) is 0. The molecule has 6 heteroatoms. The molecule has 0 amide bonds. The first-order valence-corrected chi connectivity index (χ1v) is 7.63. The molecule has 0 saturated carbocycles. The molecule has 0 fully saturated rings. The number of rotatable bonds is 4. The van der Waals surface area contributed by atoms with Crippen LogP contribution in [-0.4, -0.2) is 14.9 Å². The zero-order valence-electron chi connectivity index (χ0n) is 12.4. The van der Waals surface area contributed by atoms with Gasteiger partial charge in [-0.05, 0) is 50.7 Å². The molecule has 1 aromatic carbocycles. The summed E-state index contributed by atoms with van der Waals surface area (Å²) in [6.45, 7) is 7.58. The molecule has 1 heterocycles. The van der Waals surface area contributed by atoms with Gasteiger partial charge in [0.2, 0.25) is 0 Å². The van der Waals surface area contributed by atoms with Gasteiger partial charge in [0.1, 0.15) is 0 Å². The van der Waals surface area contributed by atoms with Gasteiger partial charge in [-0.25, -0.2) is 0 Å². The first kappa shape index (κ1) is 15.8. The molecule has 0 aliphatic rings. The Hall–Kier alpha value is -1.59. The first-order chi connectivity index (χ1) is 10.0. The van der Waals surface area contributed by atoms with Crippen LogP contribution in [0.2, 0.25) is 5.02 Å². The van der Waals surface area contributed by atoms with Gasteiger partial charge >= 0.3 is 0 Å². The van der Waals surface area contributed by atoms with Crippen LogP contribution in [0.3, 0.4) is 0 Å². The molecule has 21 heavy (non-hydrogen) atoms. The zero-order chi connectivity index (χ0) is 15.4. The van der Waals surface area contributed by atoms with Gasteiger partial charge in [-0.1, -0.05) is 23.7 Å². The summed E-state index contributed by atoms with van der Waals surface area (Å²) in [5, 5.41) is 12.2. The summed E-state index contributed by atoms with van der Waals surface area (Å²) in [6.07, 6.45) is 0. The molecule has 0 atom stereocenters. The van der Waals surface area contributed by atoms with Crippen LogP contribution in [0.4, 0.5) is 5.69 Å². The molecule has 0 spiro atoms. The maximum absolute atomic E-state index is 5.86. The first-order valence-electron chi connectivity index (χ1n) is 6.84. The number of hydrogen-bond acceptors (Lipinski definition) is 2. The summed E-state index contributed by atoms with van der Waals surface area (Å²) in [7, 11) is 0. The highest BCUT2D eigenvalue weighted by molar-refractivity contribution is 7.80. The predicted molar refractivity (Wildman–Crippen MR) is 91.9 cm³/mol. The maximum atomic E-state index is 5.86. The molecule has 2 aromatic rings. The number of nitrogens with one attached hydrogen (secondary N) is 2. The molecule has 0 saturated heterocycles. The lowest BCUT2D eigenvalue weighted by molar-refractivity contribution is 0.634. The Labute approximate surface area is 135 Å². The Morgan fingerprint density at radius 3 is 2.52 bits per heavy atom. The van der Waals surface area contributed by atoms with E-state index in [0.717, 1.165) is 34.2 Å². The average Bonchev–Trinajstić information content (AvgIpc) is 2.74. The summed E-state index contributed by atoms with van der Waals surface area (Å²) in [6, 6.07) is 7.69. The third-order valence-corrected chi connectivity index (χ3v) is 3.78. The molecule has 1 aromatic heterocycles. The van der Waals surface area contributed by atoms with Gasteiger partial charge < -0.3 is 10.6 Å². The van der Waals surface area contributed by atoms with Crippen LogP contribution in [0.5, 0.6) is 0 Å². The van der Waals surface area contributed by atoms with Crippen molar-refractivity contribution >= 4 is 34.6 Å². The second-order valence-corrected chi connectivity index (χ2v) is 5.64. The number of halogens is 1. The van der Waals surface area contributed by atoms with Gasteiger partial charge in [-0.2, -0.15) is 5.10 Å². The fourth-order valence-electron chi connectivity index (χ4n) is 2.13. The number of benzene rings is 1. The van der Waals surface area contributed by atoms with Crippen LogP contribution < -0.4 is 10.6 Å². The Bertz CT molecular complexity index is 634. The van der Waals surface area contributed by atoms with Gasteiger partial charge in [0.15, 0.2) is 5.11 Å². The normalized spacial score (nSPS) is 10.5. The molecular weight excluding hydrogens is 304 g/mol. The lowest BCUT2D eigenvalue weighted by Crippen LogP contribution is -2.28. The van der Waals surface area contributed by atoms with Crippen molar-refractivity contribution in [2.24, 2.45) is 0 Å². The summed E-state index contributed by atoms with van der Waals surface area (Å²) < 4.78 is 1.96. The minimum atomic E-state index is 0.590. The van der Waals surface area contributed by atoms with Crippen molar-refractivity contribution in [1.29, 1.82) is 0 Å².